The van der Waals surface area contributed by atoms with Crippen LogP contribution in [0.4, 0.5) is 5.69 Å². The fourth-order valence-electron chi connectivity index (χ4n) is 4.37. The third kappa shape index (κ3) is 4.00. The van der Waals surface area contributed by atoms with Crippen molar-refractivity contribution in [2.24, 2.45) is 0 Å². The van der Waals surface area contributed by atoms with Gasteiger partial charge in [0.25, 0.3) is 11.8 Å². The Morgan fingerprint density at radius 3 is 2.31 bits per heavy atom. The average Bonchev–Trinajstić information content (AvgIpc) is 3.00. The molecule has 0 radical (unpaired) electrons. The van der Waals surface area contributed by atoms with Crippen molar-refractivity contribution in [3.05, 3.63) is 64.3 Å². The highest BCUT2D eigenvalue weighted by molar-refractivity contribution is 6.46. The van der Waals surface area contributed by atoms with Gasteiger partial charge in [-0.05, 0) is 63.1 Å². The Morgan fingerprint density at radius 2 is 1.69 bits per heavy atom. The third-order valence-electron chi connectivity index (χ3n) is 5.73. The van der Waals surface area contributed by atoms with Gasteiger partial charge in [0.1, 0.15) is 11.4 Å². The van der Waals surface area contributed by atoms with Crippen molar-refractivity contribution in [3.63, 3.8) is 0 Å². The summed E-state index contributed by atoms with van der Waals surface area (Å²) < 4.78 is 11.4. The standard InChI is InChI=1S/C25H27ClN2O4/c1-5-31-19-11-9-18(10-12-19)22-23(27-13-15(2)32-16(3)14-27)25(30)28(24(22)29)21-8-6-7-20(26)17(21)4/h6-12,15-16H,5,13-14H2,1-4H3. The van der Waals surface area contributed by atoms with Gasteiger partial charge in [-0.15, -0.1) is 0 Å². The minimum absolute atomic E-state index is 0.0577. The Bertz CT molecular complexity index is 1070. The van der Waals surface area contributed by atoms with Crippen LogP contribution in [0.25, 0.3) is 5.57 Å². The van der Waals surface area contributed by atoms with Gasteiger partial charge in [-0.1, -0.05) is 29.8 Å². The predicted octanol–water partition coefficient (Wildman–Crippen LogP) is 4.44. The zero-order chi connectivity index (χ0) is 23.0. The van der Waals surface area contributed by atoms with E-state index >= 15 is 0 Å². The Morgan fingerprint density at radius 1 is 1.03 bits per heavy atom. The molecule has 1 fully saturated rings. The number of ether oxygens (including phenoxy) is 2. The molecule has 2 aromatic rings. The van der Waals surface area contributed by atoms with Crippen molar-refractivity contribution in [1.29, 1.82) is 0 Å². The number of amides is 2. The highest BCUT2D eigenvalue weighted by atomic mass is 35.5. The zero-order valence-electron chi connectivity index (χ0n) is 18.7. The van der Waals surface area contributed by atoms with Crippen molar-refractivity contribution >= 4 is 34.7 Å². The molecule has 2 aromatic carbocycles. The van der Waals surface area contributed by atoms with Crippen LogP contribution in [0.1, 0.15) is 31.9 Å². The van der Waals surface area contributed by atoms with Gasteiger partial charge in [0, 0.05) is 18.1 Å². The number of morpholine rings is 1. The lowest BCUT2D eigenvalue weighted by Gasteiger charge is -2.37. The molecule has 4 rings (SSSR count). The van der Waals surface area contributed by atoms with Gasteiger partial charge < -0.3 is 14.4 Å². The highest BCUT2D eigenvalue weighted by Crippen LogP contribution is 2.38. The van der Waals surface area contributed by atoms with Gasteiger partial charge in [0.2, 0.25) is 0 Å². The molecule has 2 aliphatic rings. The summed E-state index contributed by atoms with van der Waals surface area (Å²) in [4.78, 5) is 30.7. The van der Waals surface area contributed by atoms with Crippen LogP contribution in [0.15, 0.2) is 48.2 Å². The summed E-state index contributed by atoms with van der Waals surface area (Å²) in [6.07, 6.45) is -0.115. The normalized spacial score (nSPS) is 21.5. The summed E-state index contributed by atoms with van der Waals surface area (Å²) in [7, 11) is 0. The van der Waals surface area contributed by atoms with Gasteiger partial charge in [-0.2, -0.15) is 0 Å². The largest absolute Gasteiger partial charge is 0.494 e. The Kier molecular flexibility index (Phi) is 6.26. The second-order valence-corrected chi connectivity index (χ2v) is 8.58. The number of hydrogen-bond acceptors (Lipinski definition) is 5. The molecule has 0 N–H and O–H groups in total. The lowest BCUT2D eigenvalue weighted by molar-refractivity contribution is -0.121. The van der Waals surface area contributed by atoms with E-state index in [0.717, 1.165) is 0 Å². The highest BCUT2D eigenvalue weighted by Gasteiger charge is 2.44. The number of nitrogens with zero attached hydrogens (tertiary/aromatic N) is 2. The molecular formula is C25H27ClN2O4. The number of halogens is 1. The molecule has 2 unspecified atom stereocenters. The van der Waals surface area contributed by atoms with E-state index in [1.165, 1.54) is 4.90 Å². The predicted molar refractivity (Wildman–Crippen MR) is 125 cm³/mol. The second-order valence-electron chi connectivity index (χ2n) is 8.17. The van der Waals surface area contributed by atoms with Crippen LogP contribution in [0.3, 0.4) is 0 Å². The lowest BCUT2D eigenvalue weighted by atomic mass is 10.0. The number of benzene rings is 2. The summed E-state index contributed by atoms with van der Waals surface area (Å²) >= 11 is 6.31. The number of carbonyl (C=O) groups excluding carboxylic acids is 2. The van der Waals surface area contributed by atoms with E-state index in [4.69, 9.17) is 21.1 Å². The van der Waals surface area contributed by atoms with Crippen LogP contribution < -0.4 is 9.64 Å². The van der Waals surface area contributed by atoms with Gasteiger partial charge in [-0.25, -0.2) is 4.90 Å². The molecule has 2 atom stereocenters. The van der Waals surface area contributed by atoms with Crippen LogP contribution in [0, 0.1) is 6.92 Å². The molecule has 2 amide bonds. The first-order valence-corrected chi connectivity index (χ1v) is 11.2. The lowest BCUT2D eigenvalue weighted by Crippen LogP contribution is -2.47. The summed E-state index contributed by atoms with van der Waals surface area (Å²) in [5.41, 5.74) is 2.65. The van der Waals surface area contributed by atoms with Crippen molar-refractivity contribution in [2.45, 2.75) is 39.9 Å². The minimum atomic E-state index is -0.355. The molecule has 0 aromatic heterocycles. The van der Waals surface area contributed by atoms with Crippen molar-refractivity contribution < 1.29 is 19.1 Å². The van der Waals surface area contributed by atoms with Gasteiger partial charge in [0.05, 0.1) is 30.1 Å². The SMILES string of the molecule is CCOc1ccc(C2=C(N3CC(C)OC(C)C3)C(=O)N(c3cccc(Cl)c3C)C2=O)cc1. The Hall–Kier alpha value is -2.83. The molecular weight excluding hydrogens is 428 g/mol. The number of imide groups is 1. The molecule has 2 aliphatic heterocycles. The molecule has 0 spiro atoms. The monoisotopic (exact) mass is 454 g/mol. The molecule has 32 heavy (non-hydrogen) atoms. The maximum atomic E-state index is 13.7. The second kappa shape index (κ2) is 8.96. The number of rotatable bonds is 5. The van der Waals surface area contributed by atoms with Crippen molar-refractivity contribution in [1.82, 2.24) is 4.90 Å². The fraction of sp³-hybridized carbons (Fsp3) is 0.360. The summed E-state index contributed by atoms with van der Waals surface area (Å²) in [6.45, 7) is 9.28. The molecule has 2 heterocycles. The maximum absolute atomic E-state index is 13.7. The van der Waals surface area contributed by atoms with E-state index in [2.05, 4.69) is 0 Å². The number of carbonyl (C=O) groups is 2. The van der Waals surface area contributed by atoms with E-state index in [9.17, 15) is 9.59 Å². The maximum Gasteiger partial charge on any atom is 0.282 e. The van der Waals surface area contributed by atoms with Crippen LogP contribution in [-0.4, -0.2) is 48.6 Å². The summed E-state index contributed by atoms with van der Waals surface area (Å²) in [5, 5.41) is 0.507. The van der Waals surface area contributed by atoms with Crippen LogP contribution >= 0.6 is 11.6 Å². The Balaban J connectivity index is 1.83. The summed E-state index contributed by atoms with van der Waals surface area (Å²) in [6, 6.07) is 12.5. The van der Waals surface area contributed by atoms with E-state index in [1.807, 2.05) is 56.9 Å². The molecule has 0 aliphatic carbocycles. The fourth-order valence-corrected chi connectivity index (χ4v) is 4.54. The number of anilines is 1. The first kappa shape index (κ1) is 22.4. The van der Waals surface area contributed by atoms with Crippen molar-refractivity contribution in [3.8, 4) is 5.75 Å². The van der Waals surface area contributed by atoms with Gasteiger partial charge in [-0.3, -0.25) is 9.59 Å². The van der Waals surface area contributed by atoms with E-state index in [-0.39, 0.29) is 24.0 Å². The third-order valence-corrected chi connectivity index (χ3v) is 6.14. The first-order valence-electron chi connectivity index (χ1n) is 10.8. The molecule has 0 bridgehead atoms. The van der Waals surface area contributed by atoms with Gasteiger partial charge in [0.15, 0.2) is 0 Å². The minimum Gasteiger partial charge on any atom is -0.494 e. The molecule has 6 nitrogen and oxygen atoms in total. The average molecular weight is 455 g/mol. The van der Waals surface area contributed by atoms with E-state index < -0.39 is 0 Å². The first-order chi connectivity index (χ1) is 15.3. The van der Waals surface area contributed by atoms with Crippen LogP contribution in [-0.2, 0) is 14.3 Å². The molecule has 0 saturated carbocycles. The van der Waals surface area contributed by atoms with Crippen LogP contribution in [0.2, 0.25) is 5.02 Å². The number of hydrogen-bond donors (Lipinski definition) is 0. The zero-order valence-corrected chi connectivity index (χ0v) is 19.5. The smallest absolute Gasteiger partial charge is 0.282 e. The topological polar surface area (TPSA) is 59.1 Å². The molecule has 1 saturated heterocycles. The summed E-state index contributed by atoms with van der Waals surface area (Å²) in [5.74, 6) is 0.0169. The van der Waals surface area contributed by atoms with Crippen molar-refractivity contribution in [2.75, 3.05) is 24.6 Å². The van der Waals surface area contributed by atoms with E-state index in [0.29, 0.717) is 58.6 Å². The van der Waals surface area contributed by atoms with E-state index in [1.54, 1.807) is 18.2 Å². The molecule has 168 valence electrons. The van der Waals surface area contributed by atoms with Crippen LogP contribution in [0.5, 0.6) is 5.75 Å². The molecule has 7 heteroatoms. The quantitative estimate of drug-likeness (QED) is 0.625. The Labute approximate surface area is 193 Å². The van der Waals surface area contributed by atoms with Gasteiger partial charge >= 0.3 is 0 Å².